The van der Waals surface area contributed by atoms with Crippen molar-refractivity contribution in [1.82, 2.24) is 4.90 Å². The second-order valence-corrected chi connectivity index (χ2v) is 4.95. The van der Waals surface area contributed by atoms with Gasteiger partial charge in [0.05, 0.1) is 0 Å². The molecule has 1 N–H and O–H groups in total. The van der Waals surface area contributed by atoms with E-state index in [-0.39, 0.29) is 0 Å². The highest BCUT2D eigenvalue weighted by molar-refractivity contribution is 9.10. The summed E-state index contributed by atoms with van der Waals surface area (Å²) in [6.07, 6.45) is 1.14. The van der Waals surface area contributed by atoms with Gasteiger partial charge in [-0.3, -0.25) is 4.90 Å². The van der Waals surface area contributed by atoms with Crippen molar-refractivity contribution in [3.8, 4) is 5.75 Å². The van der Waals surface area contributed by atoms with E-state index in [2.05, 4.69) is 41.6 Å². The minimum Gasteiger partial charge on any atom is -0.508 e. The van der Waals surface area contributed by atoms with Crippen LogP contribution in [0.5, 0.6) is 5.75 Å². The summed E-state index contributed by atoms with van der Waals surface area (Å²) in [6, 6.07) is 6.00. The van der Waals surface area contributed by atoms with Gasteiger partial charge in [0, 0.05) is 17.1 Å². The summed E-state index contributed by atoms with van der Waals surface area (Å²) in [5.74, 6) is 0.332. The highest BCUT2D eigenvalue weighted by Crippen LogP contribution is 2.23. The van der Waals surface area contributed by atoms with Crippen LogP contribution in [0.4, 0.5) is 0 Å². The van der Waals surface area contributed by atoms with Gasteiger partial charge in [-0.1, -0.05) is 29.8 Å². The largest absolute Gasteiger partial charge is 0.508 e. The molecular formula is C13H20BrNO. The Balaban J connectivity index is 2.81. The molecule has 0 aromatic heterocycles. The molecule has 16 heavy (non-hydrogen) atoms. The van der Waals surface area contributed by atoms with E-state index in [0.717, 1.165) is 29.5 Å². The first-order chi connectivity index (χ1) is 7.58. The van der Waals surface area contributed by atoms with Crippen LogP contribution >= 0.6 is 15.9 Å². The molecule has 1 rings (SSSR count). The average molecular weight is 286 g/mol. The van der Waals surface area contributed by atoms with Crippen molar-refractivity contribution in [1.29, 1.82) is 0 Å². The van der Waals surface area contributed by atoms with Crippen molar-refractivity contribution in [2.75, 3.05) is 6.54 Å². The van der Waals surface area contributed by atoms with Crippen LogP contribution in [0.1, 0.15) is 32.8 Å². The molecule has 1 atom stereocenters. The van der Waals surface area contributed by atoms with Gasteiger partial charge in [-0.25, -0.2) is 0 Å². The van der Waals surface area contributed by atoms with Crippen molar-refractivity contribution >= 4 is 15.9 Å². The third-order valence-corrected chi connectivity index (χ3v) is 3.80. The Kier molecular flexibility index (Phi) is 5.29. The number of benzene rings is 1. The van der Waals surface area contributed by atoms with Crippen LogP contribution in [0.15, 0.2) is 22.7 Å². The van der Waals surface area contributed by atoms with Gasteiger partial charge >= 0.3 is 0 Å². The standard InChI is InChI=1S/C13H20BrNO/c1-4-10(3)15(5-2)9-11-8-12(16)6-7-13(11)14/h6-8,10,16H,4-5,9H2,1-3H3. The Bertz CT molecular complexity index is 341. The van der Waals surface area contributed by atoms with E-state index in [4.69, 9.17) is 0 Å². The molecule has 2 nitrogen and oxygen atoms in total. The Hall–Kier alpha value is -0.540. The van der Waals surface area contributed by atoms with Crippen molar-refractivity contribution in [3.05, 3.63) is 28.2 Å². The minimum absolute atomic E-state index is 0.332. The van der Waals surface area contributed by atoms with Gasteiger partial charge < -0.3 is 5.11 Å². The molecule has 1 unspecified atom stereocenters. The van der Waals surface area contributed by atoms with Crippen LogP contribution in [-0.2, 0) is 6.54 Å². The number of hydrogen-bond acceptors (Lipinski definition) is 2. The molecule has 0 amide bonds. The van der Waals surface area contributed by atoms with Crippen molar-refractivity contribution in [2.24, 2.45) is 0 Å². The maximum atomic E-state index is 9.48. The number of phenols is 1. The fraction of sp³-hybridized carbons (Fsp3) is 0.538. The van der Waals surface area contributed by atoms with E-state index in [1.165, 1.54) is 0 Å². The summed E-state index contributed by atoms with van der Waals surface area (Å²) in [6.45, 7) is 8.51. The van der Waals surface area contributed by atoms with E-state index >= 15 is 0 Å². The quantitative estimate of drug-likeness (QED) is 0.890. The van der Waals surface area contributed by atoms with Crippen LogP contribution in [-0.4, -0.2) is 22.6 Å². The number of rotatable bonds is 5. The van der Waals surface area contributed by atoms with Crippen LogP contribution in [0.25, 0.3) is 0 Å². The number of aromatic hydroxyl groups is 1. The fourth-order valence-corrected chi connectivity index (χ4v) is 2.11. The Morgan fingerprint density at radius 2 is 2.06 bits per heavy atom. The predicted octanol–water partition coefficient (Wildman–Crippen LogP) is 3.78. The van der Waals surface area contributed by atoms with Gasteiger partial charge in [0.15, 0.2) is 0 Å². The zero-order valence-corrected chi connectivity index (χ0v) is 11.8. The molecule has 0 heterocycles. The highest BCUT2D eigenvalue weighted by atomic mass is 79.9. The predicted molar refractivity (Wildman–Crippen MR) is 71.6 cm³/mol. The van der Waals surface area contributed by atoms with Gasteiger partial charge in [-0.15, -0.1) is 0 Å². The lowest BCUT2D eigenvalue weighted by atomic mass is 10.1. The molecular weight excluding hydrogens is 266 g/mol. The molecule has 90 valence electrons. The van der Waals surface area contributed by atoms with Gasteiger partial charge in [0.2, 0.25) is 0 Å². The van der Waals surface area contributed by atoms with Gasteiger partial charge in [-0.05, 0) is 43.7 Å². The molecule has 1 aromatic rings. The molecule has 0 radical (unpaired) electrons. The van der Waals surface area contributed by atoms with Crippen LogP contribution in [0.2, 0.25) is 0 Å². The smallest absolute Gasteiger partial charge is 0.115 e. The average Bonchev–Trinajstić information content (AvgIpc) is 2.29. The number of nitrogens with zero attached hydrogens (tertiary/aromatic N) is 1. The Labute approximate surface area is 106 Å². The first-order valence-electron chi connectivity index (χ1n) is 5.79. The normalized spacial score (nSPS) is 13.1. The molecule has 0 bridgehead atoms. The lowest BCUT2D eigenvalue weighted by molar-refractivity contribution is 0.205. The second kappa shape index (κ2) is 6.26. The van der Waals surface area contributed by atoms with Gasteiger partial charge in [0.1, 0.15) is 5.75 Å². The fourth-order valence-electron chi connectivity index (χ4n) is 1.74. The summed E-state index contributed by atoms with van der Waals surface area (Å²) in [5, 5.41) is 9.48. The van der Waals surface area contributed by atoms with Crippen molar-refractivity contribution in [2.45, 2.75) is 39.8 Å². The first kappa shape index (κ1) is 13.5. The van der Waals surface area contributed by atoms with E-state index in [9.17, 15) is 5.11 Å². The molecule has 0 fully saturated rings. The molecule has 1 aromatic carbocycles. The molecule has 0 saturated heterocycles. The molecule has 0 saturated carbocycles. The van der Waals surface area contributed by atoms with E-state index < -0.39 is 0 Å². The molecule has 0 spiro atoms. The number of halogens is 1. The summed E-state index contributed by atoms with van der Waals surface area (Å²) >= 11 is 3.52. The van der Waals surface area contributed by atoms with Crippen LogP contribution < -0.4 is 0 Å². The zero-order valence-electron chi connectivity index (χ0n) is 10.2. The highest BCUT2D eigenvalue weighted by Gasteiger charge is 2.12. The maximum absolute atomic E-state index is 9.48. The zero-order chi connectivity index (χ0) is 12.1. The Morgan fingerprint density at radius 3 is 2.62 bits per heavy atom. The SMILES string of the molecule is CCC(C)N(CC)Cc1cc(O)ccc1Br. The van der Waals surface area contributed by atoms with Gasteiger partial charge in [-0.2, -0.15) is 0 Å². The third-order valence-electron chi connectivity index (χ3n) is 3.02. The minimum atomic E-state index is 0.332. The lowest BCUT2D eigenvalue weighted by Gasteiger charge is -2.27. The lowest BCUT2D eigenvalue weighted by Crippen LogP contribution is -2.31. The molecule has 3 heteroatoms. The van der Waals surface area contributed by atoms with Crippen molar-refractivity contribution < 1.29 is 5.11 Å². The first-order valence-corrected chi connectivity index (χ1v) is 6.59. The molecule has 0 aliphatic rings. The van der Waals surface area contributed by atoms with E-state index in [1.54, 1.807) is 6.07 Å². The monoisotopic (exact) mass is 285 g/mol. The maximum Gasteiger partial charge on any atom is 0.115 e. The van der Waals surface area contributed by atoms with Crippen molar-refractivity contribution in [3.63, 3.8) is 0 Å². The molecule has 0 aliphatic heterocycles. The summed E-state index contributed by atoms with van der Waals surface area (Å²) in [4.78, 5) is 2.40. The van der Waals surface area contributed by atoms with Gasteiger partial charge in [0.25, 0.3) is 0 Å². The Morgan fingerprint density at radius 1 is 1.38 bits per heavy atom. The number of hydrogen-bond donors (Lipinski definition) is 1. The number of phenolic OH excluding ortho intramolecular Hbond substituents is 1. The van der Waals surface area contributed by atoms with Crippen LogP contribution in [0.3, 0.4) is 0 Å². The summed E-state index contributed by atoms with van der Waals surface area (Å²) in [7, 11) is 0. The summed E-state index contributed by atoms with van der Waals surface area (Å²) < 4.78 is 1.06. The van der Waals surface area contributed by atoms with Crippen LogP contribution in [0, 0.1) is 0 Å². The van der Waals surface area contributed by atoms with E-state index in [1.807, 2.05) is 12.1 Å². The van der Waals surface area contributed by atoms with E-state index in [0.29, 0.717) is 11.8 Å². The molecule has 0 aliphatic carbocycles. The third kappa shape index (κ3) is 3.49. The summed E-state index contributed by atoms with van der Waals surface area (Å²) in [5.41, 5.74) is 1.14. The second-order valence-electron chi connectivity index (χ2n) is 4.10. The topological polar surface area (TPSA) is 23.5 Å².